The fourth-order valence-corrected chi connectivity index (χ4v) is 3.51. The number of hydrogen-bond donors (Lipinski definition) is 2. The van der Waals surface area contributed by atoms with Crippen LogP contribution in [0.1, 0.15) is 29.0 Å². The number of benzene rings is 2. The second kappa shape index (κ2) is 8.43. The molecule has 0 saturated carbocycles. The lowest BCUT2D eigenvalue weighted by molar-refractivity contribution is -0.117. The molecule has 0 aliphatic carbocycles. The molecule has 0 saturated heterocycles. The highest BCUT2D eigenvalue weighted by Crippen LogP contribution is 2.26. The Bertz CT molecular complexity index is 901. The summed E-state index contributed by atoms with van der Waals surface area (Å²) in [4.78, 5) is 13.8. The molecule has 5 heteroatoms. The van der Waals surface area contributed by atoms with Gasteiger partial charge in [0.1, 0.15) is 6.07 Å². The molecule has 3 rings (SSSR count). The summed E-state index contributed by atoms with van der Waals surface area (Å²) >= 11 is 1.65. The largest absolute Gasteiger partial charge is 0.324 e. The van der Waals surface area contributed by atoms with Gasteiger partial charge in [-0.05, 0) is 36.1 Å². The van der Waals surface area contributed by atoms with Gasteiger partial charge in [0, 0.05) is 4.88 Å². The van der Waals surface area contributed by atoms with Gasteiger partial charge in [-0.15, -0.1) is 11.3 Å². The predicted octanol–water partition coefficient (Wildman–Crippen LogP) is 4.33. The van der Waals surface area contributed by atoms with Gasteiger partial charge in [0.25, 0.3) is 0 Å². The molecule has 3 aromatic rings. The van der Waals surface area contributed by atoms with Crippen molar-refractivity contribution in [1.29, 1.82) is 5.26 Å². The van der Waals surface area contributed by atoms with Crippen LogP contribution in [0.2, 0.25) is 0 Å². The summed E-state index contributed by atoms with van der Waals surface area (Å²) in [6.07, 6.45) is 0. The quantitative estimate of drug-likeness (QED) is 0.687. The molecule has 0 radical (unpaired) electrons. The summed E-state index contributed by atoms with van der Waals surface area (Å²) in [6.45, 7) is 1.83. The van der Waals surface area contributed by atoms with E-state index in [0.29, 0.717) is 11.3 Å². The van der Waals surface area contributed by atoms with Crippen LogP contribution in [0.4, 0.5) is 5.69 Å². The van der Waals surface area contributed by atoms with Crippen LogP contribution in [0.5, 0.6) is 0 Å². The first-order chi connectivity index (χ1) is 12.7. The Labute approximate surface area is 157 Å². The Morgan fingerprint density at radius 3 is 2.46 bits per heavy atom. The number of carbonyl (C=O) groups excluding carboxylic acids is 1. The molecular weight excluding hydrogens is 342 g/mol. The number of thiophene rings is 1. The van der Waals surface area contributed by atoms with Crippen LogP contribution in [0.25, 0.3) is 0 Å². The second-order valence-electron chi connectivity index (χ2n) is 5.89. The maximum absolute atomic E-state index is 12.6. The average Bonchev–Trinajstić information content (AvgIpc) is 3.21. The Kier molecular flexibility index (Phi) is 5.80. The van der Waals surface area contributed by atoms with Gasteiger partial charge in [0.15, 0.2) is 0 Å². The number of rotatable bonds is 6. The number of anilines is 1. The topological polar surface area (TPSA) is 64.9 Å². The standard InChI is InChI=1S/C21H19N3OS/c1-15(21(25)24-18-11-6-5-10-17(18)14-22)23-20(19-12-7-13-26-19)16-8-3-2-4-9-16/h2-13,15,20,23H,1H3,(H,24,25)/t15-,20+/m1/s1. The minimum atomic E-state index is -0.436. The van der Waals surface area contributed by atoms with Crippen molar-refractivity contribution < 1.29 is 4.79 Å². The van der Waals surface area contributed by atoms with Gasteiger partial charge in [0.2, 0.25) is 5.91 Å². The number of carbonyl (C=O) groups is 1. The second-order valence-corrected chi connectivity index (χ2v) is 6.87. The zero-order chi connectivity index (χ0) is 18.4. The molecule has 0 spiro atoms. The number of nitrogens with one attached hydrogen (secondary N) is 2. The number of para-hydroxylation sites is 1. The minimum Gasteiger partial charge on any atom is -0.324 e. The molecule has 0 unspecified atom stereocenters. The monoisotopic (exact) mass is 361 g/mol. The molecule has 26 heavy (non-hydrogen) atoms. The molecule has 1 amide bonds. The summed E-state index contributed by atoms with van der Waals surface area (Å²) in [5.41, 5.74) is 2.08. The first-order valence-corrected chi connectivity index (χ1v) is 9.21. The molecular formula is C21H19N3OS. The Balaban J connectivity index is 1.77. The molecule has 1 heterocycles. The third-order valence-corrected chi connectivity index (χ3v) is 5.01. The summed E-state index contributed by atoms with van der Waals surface area (Å²) in [5.74, 6) is -0.176. The van der Waals surface area contributed by atoms with Crippen LogP contribution >= 0.6 is 11.3 Å². The van der Waals surface area contributed by atoms with Crippen LogP contribution in [0.15, 0.2) is 72.1 Å². The zero-order valence-electron chi connectivity index (χ0n) is 14.3. The molecule has 0 aliphatic heterocycles. The molecule has 2 aromatic carbocycles. The number of amides is 1. The molecule has 0 aliphatic rings. The van der Waals surface area contributed by atoms with E-state index >= 15 is 0 Å². The fraction of sp³-hybridized carbons (Fsp3) is 0.143. The van der Waals surface area contributed by atoms with Crippen molar-refractivity contribution in [3.05, 3.63) is 88.1 Å². The highest BCUT2D eigenvalue weighted by atomic mass is 32.1. The van der Waals surface area contributed by atoms with Gasteiger partial charge in [-0.2, -0.15) is 5.26 Å². The maximum Gasteiger partial charge on any atom is 0.241 e. The van der Waals surface area contributed by atoms with Crippen LogP contribution in [0.3, 0.4) is 0 Å². The van der Waals surface area contributed by atoms with E-state index in [2.05, 4.69) is 22.8 Å². The first-order valence-electron chi connectivity index (χ1n) is 8.33. The Morgan fingerprint density at radius 2 is 1.77 bits per heavy atom. The summed E-state index contributed by atoms with van der Waals surface area (Å²) in [6, 6.07) is 22.7. The smallest absolute Gasteiger partial charge is 0.241 e. The van der Waals surface area contributed by atoms with Gasteiger partial charge < -0.3 is 5.32 Å². The normalized spacial score (nSPS) is 12.8. The van der Waals surface area contributed by atoms with Gasteiger partial charge >= 0.3 is 0 Å². The van der Waals surface area contributed by atoms with Gasteiger partial charge in [-0.25, -0.2) is 0 Å². The number of nitriles is 1. The van der Waals surface area contributed by atoms with Crippen molar-refractivity contribution >= 4 is 22.9 Å². The van der Waals surface area contributed by atoms with Crippen molar-refractivity contribution in [2.24, 2.45) is 0 Å². The lowest BCUT2D eigenvalue weighted by atomic mass is 10.0. The van der Waals surface area contributed by atoms with Crippen molar-refractivity contribution in [2.45, 2.75) is 19.0 Å². The molecule has 1 aromatic heterocycles. The van der Waals surface area contributed by atoms with Gasteiger partial charge in [0.05, 0.1) is 23.3 Å². The third kappa shape index (κ3) is 4.17. The first kappa shape index (κ1) is 17.9. The zero-order valence-corrected chi connectivity index (χ0v) is 15.2. The predicted molar refractivity (Wildman–Crippen MR) is 105 cm³/mol. The van der Waals surface area contributed by atoms with Crippen LogP contribution in [-0.2, 0) is 4.79 Å². The minimum absolute atomic E-state index is 0.0665. The van der Waals surface area contributed by atoms with Crippen molar-refractivity contribution in [3.8, 4) is 6.07 Å². The van der Waals surface area contributed by atoms with E-state index < -0.39 is 6.04 Å². The lowest BCUT2D eigenvalue weighted by Gasteiger charge is -2.23. The van der Waals surface area contributed by atoms with E-state index in [1.165, 1.54) is 0 Å². The summed E-state index contributed by atoms with van der Waals surface area (Å²) < 4.78 is 0. The van der Waals surface area contributed by atoms with Gasteiger partial charge in [-0.3, -0.25) is 10.1 Å². The molecule has 130 valence electrons. The van der Waals surface area contributed by atoms with E-state index in [-0.39, 0.29) is 11.9 Å². The molecule has 4 nitrogen and oxygen atoms in total. The van der Waals surface area contributed by atoms with Crippen molar-refractivity contribution in [1.82, 2.24) is 5.32 Å². The maximum atomic E-state index is 12.6. The highest BCUT2D eigenvalue weighted by Gasteiger charge is 2.22. The summed E-state index contributed by atoms with van der Waals surface area (Å²) in [7, 11) is 0. The van der Waals surface area contributed by atoms with Crippen LogP contribution < -0.4 is 10.6 Å². The average molecular weight is 361 g/mol. The Hall–Kier alpha value is -2.94. The SMILES string of the molecule is C[C@@H](N[C@@H](c1ccccc1)c1cccs1)C(=O)Nc1ccccc1C#N. The highest BCUT2D eigenvalue weighted by molar-refractivity contribution is 7.10. The molecule has 2 N–H and O–H groups in total. The number of hydrogen-bond acceptors (Lipinski definition) is 4. The van der Waals surface area contributed by atoms with E-state index in [4.69, 9.17) is 0 Å². The van der Waals surface area contributed by atoms with Crippen LogP contribution in [0, 0.1) is 11.3 Å². The van der Waals surface area contributed by atoms with Crippen molar-refractivity contribution in [3.63, 3.8) is 0 Å². The third-order valence-electron chi connectivity index (χ3n) is 4.08. The van der Waals surface area contributed by atoms with Crippen molar-refractivity contribution in [2.75, 3.05) is 5.32 Å². The number of nitrogens with zero attached hydrogens (tertiary/aromatic N) is 1. The lowest BCUT2D eigenvalue weighted by Crippen LogP contribution is -2.40. The van der Waals surface area contributed by atoms with E-state index in [0.717, 1.165) is 10.4 Å². The summed E-state index contributed by atoms with van der Waals surface area (Å²) in [5, 5.41) is 17.5. The molecule has 2 atom stereocenters. The Morgan fingerprint density at radius 1 is 1.04 bits per heavy atom. The molecule has 0 bridgehead atoms. The van der Waals surface area contributed by atoms with Gasteiger partial charge in [-0.1, -0.05) is 48.5 Å². The van der Waals surface area contributed by atoms with E-state index in [1.54, 1.807) is 35.6 Å². The molecule has 0 fully saturated rings. The van der Waals surface area contributed by atoms with E-state index in [1.807, 2.05) is 48.7 Å². The van der Waals surface area contributed by atoms with Crippen LogP contribution in [-0.4, -0.2) is 11.9 Å². The van der Waals surface area contributed by atoms with E-state index in [9.17, 15) is 10.1 Å². The fourth-order valence-electron chi connectivity index (χ4n) is 2.70.